The largest absolute Gasteiger partial charge is 0.355 e. The van der Waals surface area contributed by atoms with Crippen LogP contribution in [0.2, 0.25) is 0 Å². The lowest BCUT2D eigenvalue weighted by molar-refractivity contribution is 0.102. The third-order valence-electron chi connectivity index (χ3n) is 3.29. The molecule has 0 bridgehead atoms. The molecule has 3 rings (SSSR count). The number of carbonyl (C=O) groups excluding carboxylic acids is 1. The van der Waals surface area contributed by atoms with Crippen molar-refractivity contribution in [2.75, 3.05) is 10.6 Å². The van der Waals surface area contributed by atoms with Gasteiger partial charge in [-0.05, 0) is 54.6 Å². The molecule has 4 heteroatoms. The Balaban J connectivity index is 1.72. The molecule has 0 atom stereocenters. The number of benzene rings is 3. The van der Waals surface area contributed by atoms with E-state index in [1.54, 1.807) is 6.07 Å². The second kappa shape index (κ2) is 6.75. The average molecular weight is 306 g/mol. The van der Waals surface area contributed by atoms with Gasteiger partial charge < -0.3 is 10.6 Å². The van der Waals surface area contributed by atoms with Gasteiger partial charge in [0.05, 0.1) is 0 Å². The highest BCUT2D eigenvalue weighted by Gasteiger charge is 2.06. The van der Waals surface area contributed by atoms with Crippen LogP contribution in [0.4, 0.5) is 21.5 Å². The third-order valence-corrected chi connectivity index (χ3v) is 3.29. The molecule has 0 aromatic heterocycles. The summed E-state index contributed by atoms with van der Waals surface area (Å²) >= 11 is 0. The molecule has 0 heterocycles. The molecule has 1 amide bonds. The maximum absolute atomic E-state index is 12.9. The first-order valence-corrected chi connectivity index (χ1v) is 7.20. The minimum atomic E-state index is -0.365. The summed E-state index contributed by atoms with van der Waals surface area (Å²) in [6, 6.07) is 22.6. The molecule has 0 unspecified atom stereocenters. The van der Waals surface area contributed by atoms with Crippen molar-refractivity contribution in [3.8, 4) is 0 Å². The van der Waals surface area contributed by atoms with E-state index < -0.39 is 0 Å². The summed E-state index contributed by atoms with van der Waals surface area (Å²) in [6.45, 7) is 0. The molecule has 0 aliphatic heterocycles. The zero-order chi connectivity index (χ0) is 16.1. The zero-order valence-electron chi connectivity index (χ0n) is 12.3. The summed E-state index contributed by atoms with van der Waals surface area (Å²) in [5, 5.41) is 6.07. The van der Waals surface area contributed by atoms with Crippen LogP contribution in [0.3, 0.4) is 0 Å². The maximum atomic E-state index is 12.9. The topological polar surface area (TPSA) is 41.1 Å². The highest BCUT2D eigenvalue weighted by Crippen LogP contribution is 2.20. The summed E-state index contributed by atoms with van der Waals surface area (Å²) in [4.78, 5) is 12.1. The Morgan fingerprint density at radius 3 is 2.13 bits per heavy atom. The van der Waals surface area contributed by atoms with Crippen molar-refractivity contribution in [1.82, 2.24) is 0 Å². The third kappa shape index (κ3) is 3.95. The van der Waals surface area contributed by atoms with Gasteiger partial charge in [0.15, 0.2) is 0 Å². The van der Waals surface area contributed by atoms with Gasteiger partial charge in [-0.25, -0.2) is 4.39 Å². The van der Waals surface area contributed by atoms with Crippen LogP contribution in [-0.4, -0.2) is 5.91 Å². The summed E-state index contributed by atoms with van der Waals surface area (Å²) in [5.41, 5.74) is 2.91. The van der Waals surface area contributed by atoms with Crippen LogP contribution < -0.4 is 10.6 Å². The maximum Gasteiger partial charge on any atom is 0.255 e. The van der Waals surface area contributed by atoms with E-state index in [1.807, 2.05) is 48.5 Å². The van der Waals surface area contributed by atoms with Crippen molar-refractivity contribution < 1.29 is 9.18 Å². The zero-order valence-corrected chi connectivity index (χ0v) is 12.3. The monoisotopic (exact) mass is 306 g/mol. The molecule has 3 aromatic rings. The number of nitrogens with one attached hydrogen (secondary N) is 2. The van der Waals surface area contributed by atoms with Gasteiger partial charge in [0.25, 0.3) is 5.91 Å². The van der Waals surface area contributed by atoms with Gasteiger partial charge in [0.2, 0.25) is 0 Å². The van der Waals surface area contributed by atoms with E-state index in [0.717, 1.165) is 11.4 Å². The van der Waals surface area contributed by atoms with Crippen LogP contribution in [0, 0.1) is 5.82 Å². The number of carbonyl (C=O) groups is 1. The highest BCUT2D eigenvalue weighted by molar-refractivity contribution is 6.04. The molecular formula is C19H15FN2O. The van der Waals surface area contributed by atoms with Gasteiger partial charge >= 0.3 is 0 Å². The molecule has 3 nitrogen and oxygen atoms in total. The second-order valence-electron chi connectivity index (χ2n) is 5.03. The first kappa shape index (κ1) is 14.8. The van der Waals surface area contributed by atoms with E-state index in [9.17, 15) is 9.18 Å². The van der Waals surface area contributed by atoms with Crippen molar-refractivity contribution >= 4 is 23.0 Å². The standard InChI is InChI=1S/C19H15FN2O/c20-15-11-9-14(10-12-15)19(23)22-18-8-4-7-17(13-18)21-16-5-2-1-3-6-16/h1-13,21H,(H,22,23). The molecule has 23 heavy (non-hydrogen) atoms. The Bertz CT molecular complexity index is 801. The Kier molecular flexibility index (Phi) is 4.34. The van der Waals surface area contributed by atoms with Crippen LogP contribution >= 0.6 is 0 Å². The minimum absolute atomic E-state index is 0.276. The Morgan fingerprint density at radius 1 is 0.739 bits per heavy atom. The van der Waals surface area contributed by atoms with Crippen LogP contribution in [0.5, 0.6) is 0 Å². The lowest BCUT2D eigenvalue weighted by Gasteiger charge is -2.09. The molecule has 0 saturated heterocycles. The summed E-state index contributed by atoms with van der Waals surface area (Å²) < 4.78 is 12.9. The quantitative estimate of drug-likeness (QED) is 0.725. The minimum Gasteiger partial charge on any atom is -0.355 e. The normalized spacial score (nSPS) is 10.1. The lowest BCUT2D eigenvalue weighted by Crippen LogP contribution is -2.11. The van der Waals surface area contributed by atoms with Crippen LogP contribution in [-0.2, 0) is 0 Å². The second-order valence-corrected chi connectivity index (χ2v) is 5.03. The molecule has 0 fully saturated rings. The van der Waals surface area contributed by atoms with Crippen molar-refractivity contribution in [3.05, 3.63) is 90.2 Å². The van der Waals surface area contributed by atoms with Crippen molar-refractivity contribution in [1.29, 1.82) is 0 Å². The summed E-state index contributed by atoms with van der Waals surface area (Å²) in [6.07, 6.45) is 0. The summed E-state index contributed by atoms with van der Waals surface area (Å²) in [7, 11) is 0. The molecule has 0 aliphatic rings. The average Bonchev–Trinajstić information content (AvgIpc) is 2.57. The SMILES string of the molecule is O=C(Nc1cccc(Nc2ccccc2)c1)c1ccc(F)cc1. The molecule has 0 aliphatic carbocycles. The van der Waals surface area contributed by atoms with Gasteiger partial charge in [0, 0.05) is 22.6 Å². The lowest BCUT2D eigenvalue weighted by atomic mass is 10.2. The van der Waals surface area contributed by atoms with E-state index in [0.29, 0.717) is 11.3 Å². The molecule has 0 spiro atoms. The number of hydrogen-bond acceptors (Lipinski definition) is 2. The van der Waals surface area contributed by atoms with Crippen LogP contribution in [0.1, 0.15) is 10.4 Å². The van der Waals surface area contributed by atoms with E-state index in [2.05, 4.69) is 10.6 Å². The number of rotatable bonds is 4. The fraction of sp³-hybridized carbons (Fsp3) is 0. The van der Waals surface area contributed by atoms with Crippen molar-refractivity contribution in [2.24, 2.45) is 0 Å². The number of halogens is 1. The number of amides is 1. The van der Waals surface area contributed by atoms with Crippen molar-refractivity contribution in [3.63, 3.8) is 0 Å². The Hall–Kier alpha value is -3.14. The number of para-hydroxylation sites is 1. The molecule has 2 N–H and O–H groups in total. The number of anilines is 3. The number of hydrogen-bond donors (Lipinski definition) is 2. The molecule has 114 valence electrons. The molecule has 3 aromatic carbocycles. The Morgan fingerprint density at radius 2 is 1.39 bits per heavy atom. The van der Waals surface area contributed by atoms with E-state index in [4.69, 9.17) is 0 Å². The van der Waals surface area contributed by atoms with Crippen LogP contribution in [0.15, 0.2) is 78.9 Å². The smallest absolute Gasteiger partial charge is 0.255 e. The summed E-state index contributed by atoms with van der Waals surface area (Å²) in [5.74, 6) is -0.641. The van der Waals surface area contributed by atoms with Gasteiger partial charge in [-0.1, -0.05) is 24.3 Å². The fourth-order valence-corrected chi connectivity index (χ4v) is 2.17. The predicted molar refractivity (Wildman–Crippen MR) is 90.5 cm³/mol. The van der Waals surface area contributed by atoms with E-state index >= 15 is 0 Å². The van der Waals surface area contributed by atoms with Gasteiger partial charge in [-0.15, -0.1) is 0 Å². The fourth-order valence-electron chi connectivity index (χ4n) is 2.17. The van der Waals surface area contributed by atoms with Crippen molar-refractivity contribution in [2.45, 2.75) is 0 Å². The van der Waals surface area contributed by atoms with E-state index in [1.165, 1.54) is 24.3 Å². The first-order chi connectivity index (χ1) is 11.2. The van der Waals surface area contributed by atoms with E-state index in [-0.39, 0.29) is 11.7 Å². The Labute approximate surface area is 133 Å². The molecular weight excluding hydrogens is 291 g/mol. The highest BCUT2D eigenvalue weighted by atomic mass is 19.1. The van der Waals surface area contributed by atoms with Gasteiger partial charge in [-0.2, -0.15) is 0 Å². The van der Waals surface area contributed by atoms with Crippen LogP contribution in [0.25, 0.3) is 0 Å². The predicted octanol–water partition coefficient (Wildman–Crippen LogP) is 4.82. The molecule has 0 saturated carbocycles. The van der Waals surface area contributed by atoms with Gasteiger partial charge in [0.1, 0.15) is 5.82 Å². The first-order valence-electron chi connectivity index (χ1n) is 7.20. The van der Waals surface area contributed by atoms with Gasteiger partial charge in [-0.3, -0.25) is 4.79 Å². The molecule has 0 radical (unpaired) electrons.